The number of carbonyl (C=O) groups is 2. The van der Waals surface area contributed by atoms with Gasteiger partial charge in [0.2, 0.25) is 0 Å². The number of carbonyl (C=O) groups excluding carboxylic acids is 1. The van der Waals surface area contributed by atoms with Crippen molar-refractivity contribution >= 4 is 17.7 Å². The fourth-order valence-corrected chi connectivity index (χ4v) is 2.52. The van der Waals surface area contributed by atoms with E-state index in [0.29, 0.717) is 13.1 Å². The average molecular weight is 286 g/mol. The first-order valence-electron chi connectivity index (χ1n) is 6.94. The molecule has 5 heteroatoms. The molecule has 0 aliphatic carbocycles. The van der Waals surface area contributed by atoms with Gasteiger partial charge in [-0.3, -0.25) is 4.90 Å². The van der Waals surface area contributed by atoms with Crippen LogP contribution in [-0.2, 0) is 6.42 Å². The van der Waals surface area contributed by atoms with Crippen molar-refractivity contribution in [3.63, 3.8) is 0 Å². The minimum atomic E-state index is -0.955. The van der Waals surface area contributed by atoms with Crippen LogP contribution in [-0.4, -0.2) is 41.6 Å². The molecular formula is C16H18N2O3. The zero-order valence-electron chi connectivity index (χ0n) is 12.0. The summed E-state index contributed by atoms with van der Waals surface area (Å²) < 4.78 is 0. The number of amides is 2. The number of hydrogen-bond donors (Lipinski definition) is 1. The fraction of sp³-hybridized carbons (Fsp3) is 0.375. The van der Waals surface area contributed by atoms with Crippen molar-refractivity contribution in [1.82, 2.24) is 4.90 Å². The zero-order chi connectivity index (χ0) is 15.4. The molecule has 1 aliphatic heterocycles. The molecule has 5 nitrogen and oxygen atoms in total. The molecule has 21 heavy (non-hydrogen) atoms. The highest BCUT2D eigenvalue weighted by Crippen LogP contribution is 2.29. The quantitative estimate of drug-likeness (QED) is 0.867. The smallest absolute Gasteiger partial charge is 0.335 e. The van der Waals surface area contributed by atoms with Gasteiger partial charge in [0.1, 0.15) is 0 Å². The molecule has 1 aromatic carbocycles. The minimum Gasteiger partial charge on any atom is -0.478 e. The number of carboxylic acids is 1. The van der Waals surface area contributed by atoms with Crippen LogP contribution >= 0.6 is 0 Å². The Morgan fingerprint density at radius 3 is 2.86 bits per heavy atom. The summed E-state index contributed by atoms with van der Waals surface area (Å²) in [6, 6.07) is 4.76. The van der Waals surface area contributed by atoms with Gasteiger partial charge in [-0.25, -0.2) is 9.59 Å². The number of nitrogens with zero attached hydrogens (tertiary/aromatic N) is 2. The maximum absolute atomic E-state index is 12.5. The van der Waals surface area contributed by atoms with Crippen LogP contribution in [0.25, 0.3) is 0 Å². The van der Waals surface area contributed by atoms with Gasteiger partial charge in [0.05, 0.1) is 12.1 Å². The maximum atomic E-state index is 12.5. The third-order valence-corrected chi connectivity index (χ3v) is 3.61. The number of aromatic carboxylic acids is 1. The Hall–Kier alpha value is -2.48. The molecule has 0 saturated heterocycles. The summed E-state index contributed by atoms with van der Waals surface area (Å²) in [7, 11) is 0. The van der Waals surface area contributed by atoms with Crippen LogP contribution in [0, 0.1) is 12.3 Å². The molecule has 0 radical (unpaired) electrons. The van der Waals surface area contributed by atoms with Crippen LogP contribution < -0.4 is 4.90 Å². The van der Waals surface area contributed by atoms with Crippen molar-refractivity contribution in [2.45, 2.75) is 19.8 Å². The first-order valence-corrected chi connectivity index (χ1v) is 6.94. The van der Waals surface area contributed by atoms with Crippen molar-refractivity contribution in [2.75, 3.05) is 24.5 Å². The maximum Gasteiger partial charge on any atom is 0.335 e. The van der Waals surface area contributed by atoms with Gasteiger partial charge < -0.3 is 10.0 Å². The fourth-order valence-electron chi connectivity index (χ4n) is 2.52. The lowest BCUT2D eigenvalue weighted by molar-refractivity contribution is 0.0696. The zero-order valence-corrected chi connectivity index (χ0v) is 12.0. The van der Waals surface area contributed by atoms with E-state index in [4.69, 9.17) is 11.5 Å². The van der Waals surface area contributed by atoms with Crippen LogP contribution in [0.1, 0.15) is 29.3 Å². The normalized spacial score (nSPS) is 13.2. The molecule has 1 N–H and O–H groups in total. The van der Waals surface area contributed by atoms with E-state index in [2.05, 4.69) is 5.92 Å². The number of fused-ring (bicyclic) bond motifs is 1. The van der Waals surface area contributed by atoms with Crippen LogP contribution in [0.3, 0.4) is 0 Å². The lowest BCUT2D eigenvalue weighted by Crippen LogP contribution is -2.45. The second-order valence-corrected chi connectivity index (χ2v) is 4.90. The third kappa shape index (κ3) is 3.00. The molecule has 0 bridgehead atoms. The summed E-state index contributed by atoms with van der Waals surface area (Å²) in [6.45, 7) is 3.32. The van der Waals surface area contributed by atoms with Crippen LogP contribution in [0.2, 0.25) is 0 Å². The Kier molecular flexibility index (Phi) is 4.49. The van der Waals surface area contributed by atoms with Crippen LogP contribution in [0.4, 0.5) is 10.5 Å². The number of anilines is 1. The van der Waals surface area contributed by atoms with Crippen molar-refractivity contribution in [3.8, 4) is 12.3 Å². The molecule has 0 atom stereocenters. The summed E-state index contributed by atoms with van der Waals surface area (Å²) in [5, 5.41) is 9.05. The molecule has 1 aliphatic rings. The molecule has 2 rings (SSSR count). The summed E-state index contributed by atoms with van der Waals surface area (Å²) in [4.78, 5) is 26.9. The molecule has 110 valence electrons. The van der Waals surface area contributed by atoms with Crippen molar-refractivity contribution in [1.29, 1.82) is 0 Å². The predicted octanol–water partition coefficient (Wildman–Crippen LogP) is 2.21. The lowest BCUT2D eigenvalue weighted by atomic mass is 9.99. The van der Waals surface area contributed by atoms with Gasteiger partial charge in [-0.2, -0.15) is 0 Å². The molecule has 0 fully saturated rings. The van der Waals surface area contributed by atoms with Gasteiger partial charge in [-0.05, 0) is 43.5 Å². The van der Waals surface area contributed by atoms with Crippen molar-refractivity contribution < 1.29 is 14.7 Å². The van der Waals surface area contributed by atoms with E-state index in [1.165, 1.54) is 6.07 Å². The summed E-state index contributed by atoms with van der Waals surface area (Å²) in [5.41, 5.74) is 1.93. The molecule has 1 aromatic rings. The Morgan fingerprint density at radius 1 is 1.48 bits per heavy atom. The first-order chi connectivity index (χ1) is 10.1. The van der Waals surface area contributed by atoms with Gasteiger partial charge in [0.25, 0.3) is 0 Å². The van der Waals surface area contributed by atoms with E-state index in [-0.39, 0.29) is 18.1 Å². The molecule has 0 spiro atoms. The van der Waals surface area contributed by atoms with E-state index < -0.39 is 5.97 Å². The highest BCUT2D eigenvalue weighted by Gasteiger charge is 2.26. The van der Waals surface area contributed by atoms with E-state index in [1.807, 2.05) is 6.92 Å². The van der Waals surface area contributed by atoms with Gasteiger partial charge >= 0.3 is 12.0 Å². The van der Waals surface area contributed by atoms with E-state index in [9.17, 15) is 9.59 Å². The SMILES string of the molecule is C#CCN(CC)C(=O)N1CCCc2cc(C(=O)O)ccc21. The summed E-state index contributed by atoms with van der Waals surface area (Å²) >= 11 is 0. The number of hydrogen-bond acceptors (Lipinski definition) is 2. The third-order valence-electron chi connectivity index (χ3n) is 3.61. The largest absolute Gasteiger partial charge is 0.478 e. The molecule has 0 unspecified atom stereocenters. The first kappa shape index (κ1) is 14.9. The topological polar surface area (TPSA) is 60.9 Å². The highest BCUT2D eigenvalue weighted by atomic mass is 16.4. The second kappa shape index (κ2) is 6.31. The Labute approximate surface area is 124 Å². The Bertz CT molecular complexity index is 604. The minimum absolute atomic E-state index is 0.125. The predicted molar refractivity (Wildman–Crippen MR) is 80.5 cm³/mol. The molecule has 2 amide bonds. The van der Waals surface area contributed by atoms with Crippen LogP contribution in [0.5, 0.6) is 0 Å². The van der Waals surface area contributed by atoms with Crippen LogP contribution in [0.15, 0.2) is 18.2 Å². The molecule has 0 saturated carbocycles. The molecule has 1 heterocycles. The van der Waals surface area contributed by atoms with E-state index in [0.717, 1.165) is 24.1 Å². The van der Waals surface area contributed by atoms with Gasteiger partial charge in [0, 0.05) is 18.8 Å². The second-order valence-electron chi connectivity index (χ2n) is 4.90. The number of benzene rings is 1. The number of terminal acetylenes is 1. The Balaban J connectivity index is 2.32. The van der Waals surface area contributed by atoms with E-state index in [1.54, 1.807) is 21.9 Å². The highest BCUT2D eigenvalue weighted by molar-refractivity contribution is 5.95. The monoisotopic (exact) mass is 286 g/mol. The van der Waals surface area contributed by atoms with Crippen molar-refractivity contribution in [3.05, 3.63) is 29.3 Å². The van der Waals surface area contributed by atoms with Crippen molar-refractivity contribution in [2.24, 2.45) is 0 Å². The van der Waals surface area contributed by atoms with E-state index >= 15 is 0 Å². The number of rotatable bonds is 3. The van der Waals surface area contributed by atoms with Gasteiger partial charge in [0.15, 0.2) is 0 Å². The summed E-state index contributed by atoms with van der Waals surface area (Å²) in [6.07, 6.45) is 6.89. The van der Waals surface area contributed by atoms with Gasteiger partial charge in [-0.1, -0.05) is 5.92 Å². The van der Waals surface area contributed by atoms with Gasteiger partial charge in [-0.15, -0.1) is 6.42 Å². The molecular weight excluding hydrogens is 268 g/mol. The number of carboxylic acid groups (broad SMARTS) is 1. The Morgan fingerprint density at radius 2 is 2.24 bits per heavy atom. The number of aryl methyl sites for hydroxylation is 1. The number of urea groups is 1. The summed E-state index contributed by atoms with van der Waals surface area (Å²) in [5.74, 6) is 1.53. The standard InChI is InChI=1S/C16H18N2O3/c1-3-9-17(4-2)16(21)18-10-5-6-12-11-13(15(19)20)7-8-14(12)18/h1,7-8,11H,4-6,9-10H2,2H3,(H,19,20). The average Bonchev–Trinajstić information content (AvgIpc) is 2.50. The molecule has 0 aromatic heterocycles. The lowest BCUT2D eigenvalue weighted by Gasteiger charge is -2.33.